The van der Waals surface area contributed by atoms with Crippen molar-refractivity contribution in [3.63, 3.8) is 0 Å². The van der Waals surface area contributed by atoms with Crippen LogP contribution in [0.5, 0.6) is 0 Å². The van der Waals surface area contributed by atoms with Gasteiger partial charge in [-0.05, 0) is 73.0 Å². The molecule has 0 aromatic heterocycles. The van der Waals surface area contributed by atoms with E-state index in [0.717, 1.165) is 51.9 Å². The predicted molar refractivity (Wildman–Crippen MR) is 95.6 cm³/mol. The lowest BCUT2D eigenvalue weighted by Gasteiger charge is -2.44. The van der Waals surface area contributed by atoms with Crippen molar-refractivity contribution in [2.75, 3.05) is 19.6 Å². The average Bonchev–Trinajstić information content (AvgIpc) is 2.47. The van der Waals surface area contributed by atoms with Gasteiger partial charge in [-0.3, -0.25) is 4.79 Å². The van der Waals surface area contributed by atoms with Crippen LogP contribution in [0.4, 0.5) is 0 Å². The monoisotopic (exact) mass is 420 g/mol. The summed E-state index contributed by atoms with van der Waals surface area (Å²) in [5.41, 5.74) is 1.21. The third kappa shape index (κ3) is 3.54. The van der Waals surface area contributed by atoms with Gasteiger partial charge in [0.05, 0.1) is 5.41 Å². The number of carbonyl (C=O) groups excluding carboxylic acids is 1. The van der Waals surface area contributed by atoms with E-state index in [0.29, 0.717) is 5.91 Å². The number of rotatable bonds is 2. The minimum Gasteiger partial charge on any atom is -0.338 e. The van der Waals surface area contributed by atoms with Gasteiger partial charge in [0.1, 0.15) is 0 Å². The molecule has 0 saturated carbocycles. The van der Waals surface area contributed by atoms with E-state index in [1.807, 2.05) is 0 Å². The molecular weight excluding hydrogens is 399 g/mol. The van der Waals surface area contributed by atoms with E-state index in [-0.39, 0.29) is 17.8 Å². The summed E-state index contributed by atoms with van der Waals surface area (Å²) in [5, 5.41) is 3.38. The Kier molecular flexibility index (Phi) is 5.91. The third-order valence-corrected chi connectivity index (χ3v) is 5.76. The van der Waals surface area contributed by atoms with Crippen LogP contribution in [-0.4, -0.2) is 30.4 Å². The standard InChI is InChI=1S/C16H21IN2O.ClH/c17-14-5-2-1-4-13(14)12-19-11-3-6-16(15(19)20)7-9-18-10-8-16;/h1-2,4-5,18H,3,6-12H2;1H. The fraction of sp³-hybridized carbons (Fsp3) is 0.562. The van der Waals surface area contributed by atoms with Crippen LogP contribution < -0.4 is 5.32 Å². The molecule has 5 heteroatoms. The van der Waals surface area contributed by atoms with Crippen LogP contribution in [0.1, 0.15) is 31.2 Å². The quantitative estimate of drug-likeness (QED) is 0.745. The Balaban J connectivity index is 0.00000161. The molecule has 0 atom stereocenters. The highest BCUT2D eigenvalue weighted by Gasteiger charge is 2.44. The van der Waals surface area contributed by atoms with Crippen LogP contribution in [0.2, 0.25) is 0 Å². The Hall–Kier alpha value is -0.330. The van der Waals surface area contributed by atoms with Crippen LogP contribution in [0.15, 0.2) is 24.3 Å². The maximum Gasteiger partial charge on any atom is 0.229 e. The number of likely N-dealkylation sites (tertiary alicyclic amines) is 1. The number of hydrogen-bond donors (Lipinski definition) is 1. The summed E-state index contributed by atoms with van der Waals surface area (Å²) in [6.45, 7) is 3.66. The summed E-state index contributed by atoms with van der Waals surface area (Å²) in [6.07, 6.45) is 4.24. The summed E-state index contributed by atoms with van der Waals surface area (Å²) in [5.74, 6) is 0.393. The topological polar surface area (TPSA) is 32.3 Å². The molecule has 0 aliphatic carbocycles. The smallest absolute Gasteiger partial charge is 0.229 e. The van der Waals surface area contributed by atoms with Gasteiger partial charge in [0.25, 0.3) is 0 Å². The van der Waals surface area contributed by atoms with Crippen molar-refractivity contribution >= 4 is 40.9 Å². The van der Waals surface area contributed by atoms with Crippen LogP contribution in [0.25, 0.3) is 0 Å². The lowest BCUT2D eigenvalue weighted by Crippen LogP contribution is -2.52. The molecule has 1 aromatic carbocycles. The highest BCUT2D eigenvalue weighted by Crippen LogP contribution is 2.39. The molecule has 1 aromatic rings. The minimum atomic E-state index is -0.0658. The Labute approximate surface area is 146 Å². The van der Waals surface area contributed by atoms with Crippen molar-refractivity contribution in [3.05, 3.63) is 33.4 Å². The maximum absolute atomic E-state index is 12.9. The zero-order valence-corrected chi connectivity index (χ0v) is 15.1. The van der Waals surface area contributed by atoms with Crippen molar-refractivity contribution in [2.45, 2.75) is 32.2 Å². The molecule has 1 N–H and O–H groups in total. The van der Waals surface area contributed by atoms with Gasteiger partial charge in [0.15, 0.2) is 0 Å². The normalized spacial score (nSPS) is 21.2. The van der Waals surface area contributed by atoms with Crippen LogP contribution in [0, 0.1) is 8.99 Å². The summed E-state index contributed by atoms with van der Waals surface area (Å²) in [6, 6.07) is 8.37. The molecule has 2 aliphatic rings. The van der Waals surface area contributed by atoms with Crippen molar-refractivity contribution in [1.82, 2.24) is 10.2 Å². The van der Waals surface area contributed by atoms with Gasteiger partial charge in [-0.2, -0.15) is 0 Å². The van der Waals surface area contributed by atoms with E-state index in [9.17, 15) is 4.79 Å². The van der Waals surface area contributed by atoms with E-state index in [1.54, 1.807) is 0 Å². The Morgan fingerprint density at radius 1 is 1.19 bits per heavy atom. The lowest BCUT2D eigenvalue weighted by atomic mass is 9.72. The largest absolute Gasteiger partial charge is 0.338 e. The zero-order chi connectivity index (χ0) is 14.0. The van der Waals surface area contributed by atoms with Crippen molar-refractivity contribution in [2.24, 2.45) is 5.41 Å². The van der Waals surface area contributed by atoms with Gasteiger partial charge in [-0.25, -0.2) is 0 Å². The van der Waals surface area contributed by atoms with Crippen molar-refractivity contribution in [3.8, 4) is 0 Å². The summed E-state index contributed by atoms with van der Waals surface area (Å²) in [7, 11) is 0. The van der Waals surface area contributed by atoms with E-state index in [2.05, 4.69) is 57.1 Å². The molecule has 2 heterocycles. The zero-order valence-electron chi connectivity index (χ0n) is 12.1. The first-order chi connectivity index (χ1) is 9.71. The number of piperidine rings is 2. The first-order valence-electron chi connectivity index (χ1n) is 7.45. The molecule has 1 spiro atoms. The molecule has 0 unspecified atom stereocenters. The Morgan fingerprint density at radius 2 is 1.90 bits per heavy atom. The summed E-state index contributed by atoms with van der Waals surface area (Å²) in [4.78, 5) is 15.0. The second kappa shape index (κ2) is 7.29. The van der Waals surface area contributed by atoms with Gasteiger partial charge in [-0.15, -0.1) is 12.4 Å². The highest BCUT2D eigenvalue weighted by atomic mass is 127. The van der Waals surface area contributed by atoms with Crippen LogP contribution >= 0.6 is 35.0 Å². The number of amides is 1. The SMILES string of the molecule is Cl.O=C1N(Cc2ccccc2I)CCCC12CCNCC2. The predicted octanol–water partition coefficient (Wildman–Crippen LogP) is 3.21. The van der Waals surface area contributed by atoms with Gasteiger partial charge in [0.2, 0.25) is 5.91 Å². The van der Waals surface area contributed by atoms with E-state index >= 15 is 0 Å². The highest BCUT2D eigenvalue weighted by molar-refractivity contribution is 14.1. The second-order valence-electron chi connectivity index (χ2n) is 5.95. The molecular formula is C16H22ClIN2O. The first-order valence-corrected chi connectivity index (χ1v) is 8.53. The fourth-order valence-electron chi connectivity index (χ4n) is 3.50. The first kappa shape index (κ1) is 17.0. The number of halogens is 2. The molecule has 2 saturated heterocycles. The molecule has 3 rings (SSSR count). The van der Waals surface area contributed by atoms with Crippen molar-refractivity contribution in [1.29, 1.82) is 0 Å². The molecule has 3 nitrogen and oxygen atoms in total. The molecule has 116 valence electrons. The number of nitrogens with one attached hydrogen (secondary N) is 1. The molecule has 0 radical (unpaired) electrons. The number of nitrogens with zero attached hydrogens (tertiary/aromatic N) is 1. The fourth-order valence-corrected chi connectivity index (χ4v) is 4.06. The summed E-state index contributed by atoms with van der Waals surface area (Å²) < 4.78 is 1.25. The molecule has 1 amide bonds. The third-order valence-electron chi connectivity index (χ3n) is 4.70. The maximum atomic E-state index is 12.9. The van der Waals surface area contributed by atoms with Gasteiger partial charge >= 0.3 is 0 Å². The van der Waals surface area contributed by atoms with Crippen molar-refractivity contribution < 1.29 is 4.79 Å². The second-order valence-corrected chi connectivity index (χ2v) is 7.11. The Morgan fingerprint density at radius 3 is 2.62 bits per heavy atom. The lowest BCUT2D eigenvalue weighted by molar-refractivity contribution is -0.149. The number of carbonyl (C=O) groups is 1. The van der Waals surface area contributed by atoms with Crippen LogP contribution in [-0.2, 0) is 11.3 Å². The molecule has 2 fully saturated rings. The average molecular weight is 421 g/mol. The molecule has 2 aliphatic heterocycles. The van der Waals surface area contributed by atoms with E-state index in [1.165, 1.54) is 9.13 Å². The minimum absolute atomic E-state index is 0. The Bertz CT molecular complexity index is 497. The van der Waals surface area contributed by atoms with E-state index in [4.69, 9.17) is 0 Å². The molecule has 0 bridgehead atoms. The number of hydrogen-bond acceptors (Lipinski definition) is 2. The van der Waals surface area contributed by atoms with Gasteiger partial charge < -0.3 is 10.2 Å². The summed E-state index contributed by atoms with van der Waals surface area (Å²) >= 11 is 2.36. The van der Waals surface area contributed by atoms with E-state index < -0.39 is 0 Å². The molecule has 21 heavy (non-hydrogen) atoms. The van der Waals surface area contributed by atoms with Gasteiger partial charge in [0, 0.05) is 16.7 Å². The van der Waals surface area contributed by atoms with Gasteiger partial charge in [-0.1, -0.05) is 18.2 Å². The van der Waals surface area contributed by atoms with Crippen LogP contribution in [0.3, 0.4) is 0 Å². The number of benzene rings is 1.